The molecule has 1 aromatic heterocycles. The number of aliphatic hydroxyl groups excluding tert-OH is 1. The van der Waals surface area contributed by atoms with Crippen LogP contribution < -0.4 is 5.32 Å². The predicted octanol–water partition coefficient (Wildman–Crippen LogP) is 2.26. The molecule has 96 valence electrons. The molecule has 0 aliphatic heterocycles. The number of rotatable bonds is 5. The second-order valence-electron chi connectivity index (χ2n) is 3.89. The highest BCUT2D eigenvalue weighted by molar-refractivity contribution is 9.10. The van der Waals surface area contributed by atoms with Gasteiger partial charge in [0.2, 0.25) is 0 Å². The van der Waals surface area contributed by atoms with Crippen LogP contribution in [0, 0.1) is 5.82 Å². The van der Waals surface area contributed by atoms with Crippen molar-refractivity contribution in [3.05, 3.63) is 46.9 Å². The van der Waals surface area contributed by atoms with Crippen molar-refractivity contribution in [1.82, 2.24) is 9.78 Å². The summed E-state index contributed by atoms with van der Waals surface area (Å²) < 4.78 is 15.1. The van der Waals surface area contributed by atoms with Crippen LogP contribution >= 0.6 is 15.9 Å². The Morgan fingerprint density at radius 1 is 1.50 bits per heavy atom. The van der Waals surface area contributed by atoms with Crippen LogP contribution in [0.3, 0.4) is 0 Å². The van der Waals surface area contributed by atoms with Gasteiger partial charge in [-0.2, -0.15) is 5.10 Å². The molecule has 0 fully saturated rings. The maximum atomic E-state index is 13.0. The van der Waals surface area contributed by atoms with Crippen molar-refractivity contribution in [3.63, 3.8) is 0 Å². The summed E-state index contributed by atoms with van der Waals surface area (Å²) in [6, 6.07) is 6.43. The van der Waals surface area contributed by atoms with Gasteiger partial charge in [0.1, 0.15) is 5.82 Å². The van der Waals surface area contributed by atoms with Crippen molar-refractivity contribution in [2.24, 2.45) is 0 Å². The van der Waals surface area contributed by atoms with Crippen molar-refractivity contribution in [1.29, 1.82) is 0 Å². The second kappa shape index (κ2) is 5.97. The highest BCUT2D eigenvalue weighted by Crippen LogP contribution is 2.19. The molecule has 2 rings (SSSR count). The maximum Gasteiger partial charge on any atom is 0.137 e. The van der Waals surface area contributed by atoms with Gasteiger partial charge in [0.05, 0.1) is 17.1 Å². The van der Waals surface area contributed by atoms with E-state index < -0.39 is 6.10 Å². The van der Waals surface area contributed by atoms with E-state index in [1.165, 1.54) is 6.07 Å². The van der Waals surface area contributed by atoms with Crippen molar-refractivity contribution < 1.29 is 9.50 Å². The molecule has 0 spiro atoms. The molecule has 1 atom stereocenters. The van der Waals surface area contributed by atoms with Gasteiger partial charge in [0, 0.05) is 24.6 Å². The summed E-state index contributed by atoms with van der Waals surface area (Å²) in [4.78, 5) is 0. The molecule has 0 radical (unpaired) electrons. The minimum absolute atomic E-state index is 0.308. The molecular weight excluding hydrogens is 301 g/mol. The Kier molecular flexibility index (Phi) is 4.33. The quantitative estimate of drug-likeness (QED) is 0.890. The molecule has 0 saturated heterocycles. The maximum absolute atomic E-state index is 13.0. The second-order valence-corrected chi connectivity index (χ2v) is 4.75. The standard InChI is InChI=1S/C12H13BrFN3O/c13-11-6-9(2-3-12(11)14)15-7-10(18)8-17-5-1-4-16-17/h1-6,10,15,18H,7-8H2. The smallest absolute Gasteiger partial charge is 0.137 e. The fourth-order valence-corrected chi connectivity index (χ4v) is 1.91. The van der Waals surface area contributed by atoms with Gasteiger partial charge in [0.15, 0.2) is 0 Å². The molecule has 0 aliphatic carbocycles. The van der Waals surface area contributed by atoms with Crippen LogP contribution in [-0.4, -0.2) is 27.5 Å². The molecule has 0 amide bonds. The van der Waals surface area contributed by atoms with Gasteiger partial charge in [-0.25, -0.2) is 4.39 Å². The minimum atomic E-state index is -0.561. The Morgan fingerprint density at radius 3 is 3.00 bits per heavy atom. The molecule has 0 aliphatic rings. The van der Waals surface area contributed by atoms with E-state index >= 15 is 0 Å². The zero-order valence-electron chi connectivity index (χ0n) is 9.55. The third-order valence-electron chi connectivity index (χ3n) is 2.42. The summed E-state index contributed by atoms with van der Waals surface area (Å²) in [5.74, 6) is -0.308. The largest absolute Gasteiger partial charge is 0.389 e. The van der Waals surface area contributed by atoms with Crippen LogP contribution in [0.25, 0.3) is 0 Å². The topological polar surface area (TPSA) is 50.1 Å². The lowest BCUT2D eigenvalue weighted by atomic mass is 10.3. The normalized spacial score (nSPS) is 12.4. The zero-order valence-corrected chi connectivity index (χ0v) is 11.1. The number of hydrogen-bond acceptors (Lipinski definition) is 3. The monoisotopic (exact) mass is 313 g/mol. The summed E-state index contributed by atoms with van der Waals surface area (Å²) in [6.45, 7) is 0.792. The average Bonchev–Trinajstić information content (AvgIpc) is 2.83. The van der Waals surface area contributed by atoms with E-state index in [4.69, 9.17) is 0 Å². The predicted molar refractivity (Wildman–Crippen MR) is 70.8 cm³/mol. The van der Waals surface area contributed by atoms with Crippen molar-refractivity contribution in [3.8, 4) is 0 Å². The summed E-state index contributed by atoms with van der Waals surface area (Å²) >= 11 is 3.11. The Labute approximate surface area is 113 Å². The van der Waals surface area contributed by atoms with E-state index in [2.05, 4.69) is 26.3 Å². The highest BCUT2D eigenvalue weighted by atomic mass is 79.9. The van der Waals surface area contributed by atoms with Gasteiger partial charge in [-0.1, -0.05) is 0 Å². The van der Waals surface area contributed by atoms with E-state index in [1.807, 2.05) is 0 Å². The average molecular weight is 314 g/mol. The number of hydrogen-bond donors (Lipinski definition) is 2. The molecule has 0 bridgehead atoms. The van der Waals surface area contributed by atoms with E-state index in [9.17, 15) is 9.50 Å². The molecule has 6 heteroatoms. The third-order valence-corrected chi connectivity index (χ3v) is 3.03. The first kappa shape index (κ1) is 13.0. The molecule has 2 N–H and O–H groups in total. The van der Waals surface area contributed by atoms with Crippen LogP contribution in [0.15, 0.2) is 41.1 Å². The molecule has 2 aromatic rings. The highest BCUT2D eigenvalue weighted by Gasteiger charge is 2.06. The summed E-state index contributed by atoms with van der Waals surface area (Å²) in [5, 5.41) is 16.8. The first-order valence-electron chi connectivity index (χ1n) is 5.49. The number of nitrogens with one attached hydrogen (secondary N) is 1. The van der Waals surface area contributed by atoms with E-state index in [0.717, 1.165) is 5.69 Å². The lowest BCUT2D eigenvalue weighted by Crippen LogP contribution is -2.25. The number of halogens is 2. The van der Waals surface area contributed by atoms with Crippen LogP contribution in [0.1, 0.15) is 0 Å². The van der Waals surface area contributed by atoms with Gasteiger partial charge in [-0.15, -0.1) is 0 Å². The lowest BCUT2D eigenvalue weighted by molar-refractivity contribution is 0.161. The Morgan fingerprint density at radius 2 is 2.33 bits per heavy atom. The zero-order chi connectivity index (χ0) is 13.0. The van der Waals surface area contributed by atoms with E-state index in [-0.39, 0.29) is 5.82 Å². The lowest BCUT2D eigenvalue weighted by Gasteiger charge is -2.13. The number of aromatic nitrogens is 2. The Bertz CT molecular complexity index is 504. The molecule has 4 nitrogen and oxygen atoms in total. The van der Waals surface area contributed by atoms with Crippen molar-refractivity contribution in [2.45, 2.75) is 12.6 Å². The van der Waals surface area contributed by atoms with E-state index in [1.54, 1.807) is 35.3 Å². The minimum Gasteiger partial charge on any atom is -0.389 e. The summed E-state index contributed by atoms with van der Waals surface area (Å²) in [6.07, 6.45) is 2.89. The third kappa shape index (κ3) is 3.54. The molecule has 1 heterocycles. The molecular formula is C12H13BrFN3O. The van der Waals surface area contributed by atoms with Gasteiger partial charge < -0.3 is 10.4 Å². The van der Waals surface area contributed by atoms with Gasteiger partial charge in [-0.3, -0.25) is 4.68 Å². The summed E-state index contributed by atoms with van der Waals surface area (Å²) in [5.41, 5.74) is 0.753. The fraction of sp³-hybridized carbons (Fsp3) is 0.250. The van der Waals surface area contributed by atoms with Crippen LogP contribution in [-0.2, 0) is 6.54 Å². The van der Waals surface area contributed by atoms with Gasteiger partial charge in [0.25, 0.3) is 0 Å². The molecule has 0 saturated carbocycles. The molecule has 18 heavy (non-hydrogen) atoms. The molecule has 1 unspecified atom stereocenters. The van der Waals surface area contributed by atoms with Gasteiger partial charge >= 0.3 is 0 Å². The first-order chi connectivity index (χ1) is 8.65. The van der Waals surface area contributed by atoms with Crippen LogP contribution in [0.5, 0.6) is 0 Å². The SMILES string of the molecule is OC(CNc1ccc(F)c(Br)c1)Cn1cccn1. The van der Waals surface area contributed by atoms with Crippen molar-refractivity contribution in [2.75, 3.05) is 11.9 Å². The Hall–Kier alpha value is -1.40. The van der Waals surface area contributed by atoms with Crippen LogP contribution in [0.2, 0.25) is 0 Å². The number of aliphatic hydroxyl groups is 1. The van der Waals surface area contributed by atoms with Crippen molar-refractivity contribution >= 4 is 21.6 Å². The van der Waals surface area contributed by atoms with E-state index in [0.29, 0.717) is 17.6 Å². The summed E-state index contributed by atoms with van der Waals surface area (Å²) in [7, 11) is 0. The van der Waals surface area contributed by atoms with Crippen LogP contribution in [0.4, 0.5) is 10.1 Å². The Balaban J connectivity index is 1.85. The number of anilines is 1. The fourth-order valence-electron chi connectivity index (χ4n) is 1.53. The number of benzene rings is 1. The molecule has 1 aromatic carbocycles. The van der Waals surface area contributed by atoms with Gasteiger partial charge in [-0.05, 0) is 40.2 Å². The number of nitrogens with zero attached hydrogens (tertiary/aromatic N) is 2. The first-order valence-corrected chi connectivity index (χ1v) is 6.29.